The second-order valence-electron chi connectivity index (χ2n) is 4.15. The minimum absolute atomic E-state index is 0.264. The third-order valence-electron chi connectivity index (χ3n) is 2.59. The first kappa shape index (κ1) is 15.3. The Labute approximate surface area is 123 Å². The maximum atomic E-state index is 13.3. The van der Waals surface area contributed by atoms with Crippen LogP contribution < -0.4 is 5.32 Å². The van der Waals surface area contributed by atoms with Crippen LogP contribution in [0.1, 0.15) is 5.56 Å². The molecule has 112 valence electrons. The Bertz CT molecular complexity index is 635. The maximum Gasteiger partial charge on any atom is 0.272 e. The van der Waals surface area contributed by atoms with Gasteiger partial charge in [0.15, 0.2) is 0 Å². The van der Waals surface area contributed by atoms with Gasteiger partial charge in [-0.1, -0.05) is 11.8 Å². The topological polar surface area (TPSA) is 98.8 Å². The summed E-state index contributed by atoms with van der Waals surface area (Å²) in [6.45, 7) is 1.32. The summed E-state index contributed by atoms with van der Waals surface area (Å²) in [6, 6.07) is 3.50. The molecule has 2 rings (SSSR count). The van der Waals surface area contributed by atoms with Gasteiger partial charge in [-0.05, 0) is 29.1 Å². The van der Waals surface area contributed by atoms with Gasteiger partial charge in [0, 0.05) is 18.4 Å². The van der Waals surface area contributed by atoms with Crippen LogP contribution in [0.2, 0.25) is 0 Å². The summed E-state index contributed by atoms with van der Waals surface area (Å²) in [6.07, 6.45) is 0. The minimum Gasteiger partial charge on any atom is -0.318 e. The van der Waals surface area contributed by atoms with Crippen LogP contribution in [0.15, 0.2) is 23.4 Å². The van der Waals surface area contributed by atoms with Crippen LogP contribution in [-0.2, 0) is 12.3 Å². The molecule has 0 aliphatic heterocycles. The summed E-state index contributed by atoms with van der Waals surface area (Å²) >= 11 is 1.30. The highest BCUT2D eigenvalue weighted by Crippen LogP contribution is 2.23. The van der Waals surface area contributed by atoms with Gasteiger partial charge in [0.05, 0.1) is 17.5 Å². The number of thioether (sulfide) groups is 1. The predicted octanol–water partition coefficient (Wildman–Crippen LogP) is 1.23. The second kappa shape index (κ2) is 7.09. The number of tetrazole rings is 1. The van der Waals surface area contributed by atoms with Crippen LogP contribution in [-0.4, -0.2) is 38.7 Å². The van der Waals surface area contributed by atoms with Crippen LogP contribution in [0.4, 0.5) is 10.1 Å². The summed E-state index contributed by atoms with van der Waals surface area (Å²) in [5, 5.41) is 25.6. The van der Waals surface area contributed by atoms with Crippen LogP contribution >= 0.6 is 11.8 Å². The van der Waals surface area contributed by atoms with Crippen molar-refractivity contribution >= 4 is 17.4 Å². The quantitative estimate of drug-likeness (QED) is 0.466. The molecule has 1 aromatic heterocycles. The van der Waals surface area contributed by atoms with E-state index >= 15 is 0 Å². The van der Waals surface area contributed by atoms with Crippen molar-refractivity contribution < 1.29 is 9.31 Å². The van der Waals surface area contributed by atoms with Crippen LogP contribution in [0.3, 0.4) is 0 Å². The molecule has 0 atom stereocenters. The van der Waals surface area contributed by atoms with Gasteiger partial charge in [-0.15, -0.1) is 5.10 Å². The zero-order chi connectivity index (χ0) is 15.2. The summed E-state index contributed by atoms with van der Waals surface area (Å²) < 4.78 is 15.0. The molecule has 0 fully saturated rings. The van der Waals surface area contributed by atoms with Crippen molar-refractivity contribution in [3.05, 3.63) is 39.7 Å². The number of nitro groups is 1. The fraction of sp³-hybridized carbons (Fsp3) is 0.364. The zero-order valence-corrected chi connectivity index (χ0v) is 12.0. The van der Waals surface area contributed by atoms with E-state index in [4.69, 9.17) is 0 Å². The number of non-ortho nitro benzene ring substituents is 1. The number of likely N-dealkylation sites (N-methyl/N-ethyl adjacent to an activating group) is 1. The van der Waals surface area contributed by atoms with Crippen molar-refractivity contribution in [2.24, 2.45) is 0 Å². The van der Waals surface area contributed by atoms with Gasteiger partial charge in [-0.25, -0.2) is 9.07 Å². The number of nitrogens with one attached hydrogen (secondary N) is 1. The molecule has 8 nitrogen and oxygen atoms in total. The van der Waals surface area contributed by atoms with E-state index < -0.39 is 10.7 Å². The second-order valence-corrected chi connectivity index (χ2v) is 5.09. The number of halogens is 1. The molecule has 0 aliphatic carbocycles. The normalized spacial score (nSPS) is 10.8. The molecule has 0 spiro atoms. The molecule has 0 saturated heterocycles. The van der Waals surface area contributed by atoms with Gasteiger partial charge in [-0.2, -0.15) is 0 Å². The highest BCUT2D eigenvalue weighted by molar-refractivity contribution is 7.98. The highest BCUT2D eigenvalue weighted by atomic mass is 32.2. The van der Waals surface area contributed by atoms with E-state index in [0.717, 1.165) is 6.07 Å². The monoisotopic (exact) mass is 312 g/mol. The van der Waals surface area contributed by atoms with E-state index in [1.807, 2.05) is 7.05 Å². The van der Waals surface area contributed by atoms with E-state index in [0.29, 0.717) is 29.6 Å². The van der Waals surface area contributed by atoms with Crippen molar-refractivity contribution in [3.8, 4) is 0 Å². The highest BCUT2D eigenvalue weighted by Gasteiger charge is 2.12. The number of nitrogens with zero attached hydrogens (tertiary/aromatic N) is 5. The van der Waals surface area contributed by atoms with Crippen LogP contribution in [0.5, 0.6) is 0 Å². The van der Waals surface area contributed by atoms with Gasteiger partial charge in [0.25, 0.3) is 5.69 Å². The van der Waals surface area contributed by atoms with E-state index in [9.17, 15) is 14.5 Å². The molecule has 1 aromatic carbocycles. The molecule has 0 saturated carbocycles. The van der Waals surface area contributed by atoms with Crippen molar-refractivity contribution in [1.29, 1.82) is 0 Å². The van der Waals surface area contributed by atoms with Gasteiger partial charge in [0.2, 0.25) is 5.16 Å². The Kier molecular flexibility index (Phi) is 5.17. The number of benzene rings is 1. The van der Waals surface area contributed by atoms with Gasteiger partial charge in [0.1, 0.15) is 5.82 Å². The van der Waals surface area contributed by atoms with Gasteiger partial charge < -0.3 is 5.32 Å². The fourth-order valence-electron chi connectivity index (χ4n) is 1.63. The van der Waals surface area contributed by atoms with E-state index in [2.05, 4.69) is 20.8 Å². The zero-order valence-electron chi connectivity index (χ0n) is 11.2. The van der Waals surface area contributed by atoms with E-state index in [-0.39, 0.29) is 5.69 Å². The largest absolute Gasteiger partial charge is 0.318 e. The minimum atomic E-state index is -0.630. The fourth-order valence-corrected chi connectivity index (χ4v) is 2.46. The number of aromatic nitrogens is 4. The van der Waals surface area contributed by atoms with Gasteiger partial charge >= 0.3 is 0 Å². The maximum absolute atomic E-state index is 13.3. The molecule has 1 heterocycles. The Balaban J connectivity index is 2.06. The van der Waals surface area contributed by atoms with Crippen molar-refractivity contribution in [2.45, 2.75) is 17.5 Å². The van der Waals surface area contributed by atoms with Crippen molar-refractivity contribution in [2.75, 3.05) is 13.6 Å². The molecule has 2 aromatic rings. The summed E-state index contributed by atoms with van der Waals surface area (Å²) in [7, 11) is 1.82. The molecule has 0 unspecified atom stereocenters. The molecule has 10 heteroatoms. The molecule has 0 aliphatic rings. The van der Waals surface area contributed by atoms with Crippen molar-refractivity contribution in [3.63, 3.8) is 0 Å². The first-order valence-electron chi connectivity index (χ1n) is 6.07. The standard InChI is InChI=1S/C11H13FN6O2S/c1-13-2-3-17-11(14-15-16-17)21-7-8-4-9(12)6-10(5-8)18(19)20/h4-6,13H,2-3,7H2,1H3. The molecule has 0 radical (unpaired) electrons. The first-order chi connectivity index (χ1) is 10.1. The smallest absolute Gasteiger partial charge is 0.272 e. The first-order valence-corrected chi connectivity index (χ1v) is 7.06. The third-order valence-corrected chi connectivity index (χ3v) is 3.62. The number of rotatable bonds is 7. The number of nitro benzene ring substituents is 1. The average molecular weight is 312 g/mol. The number of hydrogen-bond acceptors (Lipinski definition) is 7. The molecular weight excluding hydrogens is 299 g/mol. The number of hydrogen-bond donors (Lipinski definition) is 1. The Morgan fingerprint density at radius 3 is 3.00 bits per heavy atom. The predicted molar refractivity (Wildman–Crippen MR) is 74.4 cm³/mol. The Morgan fingerprint density at radius 1 is 1.48 bits per heavy atom. The summed E-state index contributed by atoms with van der Waals surface area (Å²) in [4.78, 5) is 10.1. The van der Waals surface area contributed by atoms with Crippen molar-refractivity contribution in [1.82, 2.24) is 25.5 Å². The lowest BCUT2D eigenvalue weighted by atomic mass is 10.2. The van der Waals surface area contributed by atoms with E-state index in [1.165, 1.54) is 23.9 Å². The van der Waals surface area contributed by atoms with E-state index in [1.54, 1.807) is 4.68 Å². The van der Waals surface area contributed by atoms with Gasteiger partial charge in [-0.3, -0.25) is 10.1 Å². The van der Waals surface area contributed by atoms with Crippen LogP contribution in [0, 0.1) is 15.9 Å². The molecule has 0 amide bonds. The van der Waals surface area contributed by atoms with Crippen LogP contribution in [0.25, 0.3) is 0 Å². The summed E-state index contributed by atoms with van der Waals surface area (Å²) in [5.74, 6) is -0.284. The average Bonchev–Trinajstić information content (AvgIpc) is 2.89. The molecule has 1 N–H and O–H groups in total. The molecule has 0 bridgehead atoms. The molecule has 21 heavy (non-hydrogen) atoms. The lowest BCUT2D eigenvalue weighted by molar-refractivity contribution is -0.385. The Hall–Kier alpha value is -2.07. The SMILES string of the molecule is CNCCn1nnnc1SCc1cc(F)cc([N+](=O)[O-])c1. The Morgan fingerprint density at radius 2 is 2.29 bits per heavy atom. The lowest BCUT2D eigenvalue weighted by Crippen LogP contribution is -2.16. The molecular formula is C11H13FN6O2S. The lowest BCUT2D eigenvalue weighted by Gasteiger charge is -2.04. The summed E-state index contributed by atoms with van der Waals surface area (Å²) in [5.41, 5.74) is 0.246. The third kappa shape index (κ3) is 4.20.